The molecule has 0 bridgehead atoms. The highest BCUT2D eigenvalue weighted by Crippen LogP contribution is 2.27. The lowest BCUT2D eigenvalue weighted by molar-refractivity contribution is 0.102. The van der Waals surface area contributed by atoms with Crippen LogP contribution in [0.5, 0.6) is 5.75 Å². The number of carbonyl (C=O) groups excluding carboxylic acids is 1. The Morgan fingerprint density at radius 2 is 1.90 bits per heavy atom. The number of methoxy groups -OCH3 is 1. The predicted octanol–water partition coefficient (Wildman–Crippen LogP) is 4.86. The van der Waals surface area contributed by atoms with E-state index in [9.17, 15) is 4.79 Å². The SMILES string of the molecule is COc1ccc(NC(=O)c2ccc(I)c(Cl)c2)cc1Cl. The van der Waals surface area contributed by atoms with Gasteiger partial charge in [0.05, 0.1) is 17.2 Å². The molecule has 0 unspecified atom stereocenters. The molecule has 0 heterocycles. The van der Waals surface area contributed by atoms with Gasteiger partial charge in [0.1, 0.15) is 5.75 Å². The molecule has 2 rings (SSSR count). The van der Waals surface area contributed by atoms with E-state index in [1.807, 2.05) is 0 Å². The van der Waals surface area contributed by atoms with Crippen molar-refractivity contribution in [3.05, 3.63) is 55.6 Å². The molecular weight excluding hydrogens is 412 g/mol. The number of benzene rings is 2. The monoisotopic (exact) mass is 421 g/mol. The smallest absolute Gasteiger partial charge is 0.255 e. The summed E-state index contributed by atoms with van der Waals surface area (Å²) in [5.74, 6) is 0.312. The number of carbonyl (C=O) groups is 1. The van der Waals surface area contributed by atoms with E-state index in [4.69, 9.17) is 27.9 Å². The molecule has 2 aromatic carbocycles. The van der Waals surface area contributed by atoms with Crippen LogP contribution >= 0.6 is 45.8 Å². The second kappa shape index (κ2) is 6.65. The molecule has 104 valence electrons. The zero-order chi connectivity index (χ0) is 14.7. The Balaban J connectivity index is 2.19. The van der Waals surface area contributed by atoms with E-state index in [1.165, 1.54) is 7.11 Å². The van der Waals surface area contributed by atoms with Crippen LogP contribution in [0.25, 0.3) is 0 Å². The summed E-state index contributed by atoms with van der Waals surface area (Å²) < 4.78 is 5.95. The van der Waals surface area contributed by atoms with Gasteiger partial charge in [-0.2, -0.15) is 0 Å². The number of amides is 1. The highest BCUT2D eigenvalue weighted by molar-refractivity contribution is 14.1. The molecule has 0 aliphatic carbocycles. The summed E-state index contributed by atoms with van der Waals surface area (Å²) in [6.45, 7) is 0. The van der Waals surface area contributed by atoms with Crippen LogP contribution in [-0.2, 0) is 0 Å². The lowest BCUT2D eigenvalue weighted by atomic mass is 10.2. The summed E-state index contributed by atoms with van der Waals surface area (Å²) in [4.78, 5) is 12.1. The molecule has 0 radical (unpaired) electrons. The van der Waals surface area contributed by atoms with E-state index >= 15 is 0 Å². The minimum Gasteiger partial charge on any atom is -0.495 e. The predicted molar refractivity (Wildman–Crippen MR) is 90.1 cm³/mol. The fraction of sp³-hybridized carbons (Fsp3) is 0.0714. The number of hydrogen-bond acceptors (Lipinski definition) is 2. The standard InChI is InChI=1S/C14H10Cl2INO2/c1-20-13-5-3-9(7-11(13)16)18-14(19)8-2-4-12(17)10(15)6-8/h2-7H,1H3,(H,18,19). The van der Waals surface area contributed by atoms with Crippen LogP contribution in [0, 0.1) is 3.57 Å². The maximum atomic E-state index is 12.1. The molecule has 0 aliphatic rings. The second-order valence-corrected chi connectivity index (χ2v) is 5.91. The number of ether oxygens (including phenoxy) is 1. The molecule has 3 nitrogen and oxygen atoms in total. The minimum absolute atomic E-state index is 0.246. The van der Waals surface area contributed by atoms with Crippen LogP contribution in [0.2, 0.25) is 10.0 Å². The van der Waals surface area contributed by atoms with E-state index in [0.29, 0.717) is 27.0 Å². The van der Waals surface area contributed by atoms with Gasteiger partial charge in [-0.05, 0) is 59.0 Å². The van der Waals surface area contributed by atoms with E-state index < -0.39 is 0 Å². The van der Waals surface area contributed by atoms with E-state index in [0.717, 1.165) is 3.57 Å². The Labute approximate surface area is 140 Å². The molecule has 2 aromatic rings. The van der Waals surface area contributed by atoms with Crippen LogP contribution in [0.1, 0.15) is 10.4 Å². The maximum Gasteiger partial charge on any atom is 0.255 e. The number of halogens is 3. The van der Waals surface area contributed by atoms with Gasteiger partial charge in [-0.25, -0.2) is 0 Å². The van der Waals surface area contributed by atoms with E-state index in [-0.39, 0.29) is 5.91 Å². The van der Waals surface area contributed by atoms with Crippen molar-refractivity contribution in [2.45, 2.75) is 0 Å². The first-order valence-electron chi connectivity index (χ1n) is 5.61. The van der Waals surface area contributed by atoms with Gasteiger partial charge in [0.15, 0.2) is 0 Å². The Morgan fingerprint density at radius 3 is 2.50 bits per heavy atom. The summed E-state index contributed by atoms with van der Waals surface area (Å²) in [5.41, 5.74) is 1.08. The number of anilines is 1. The van der Waals surface area contributed by atoms with Gasteiger partial charge < -0.3 is 10.1 Å². The van der Waals surface area contributed by atoms with Gasteiger partial charge in [0, 0.05) is 14.8 Å². The third-order valence-electron chi connectivity index (χ3n) is 2.59. The Bertz CT molecular complexity index is 662. The molecule has 0 aromatic heterocycles. The van der Waals surface area contributed by atoms with Crippen molar-refractivity contribution in [1.29, 1.82) is 0 Å². The minimum atomic E-state index is -0.246. The zero-order valence-corrected chi connectivity index (χ0v) is 14.1. The van der Waals surface area contributed by atoms with Crippen molar-refractivity contribution in [3.8, 4) is 5.75 Å². The first-order valence-corrected chi connectivity index (χ1v) is 7.44. The van der Waals surface area contributed by atoms with Gasteiger partial charge in [-0.15, -0.1) is 0 Å². The largest absolute Gasteiger partial charge is 0.495 e. The molecule has 0 saturated carbocycles. The Hall–Kier alpha value is -0.980. The average molecular weight is 422 g/mol. The molecule has 0 saturated heterocycles. The van der Waals surface area contributed by atoms with Crippen LogP contribution in [0.15, 0.2) is 36.4 Å². The summed E-state index contributed by atoms with van der Waals surface area (Å²) >= 11 is 14.1. The molecule has 6 heteroatoms. The molecule has 0 atom stereocenters. The van der Waals surface area contributed by atoms with Crippen LogP contribution in [0.4, 0.5) is 5.69 Å². The first-order chi connectivity index (χ1) is 9.51. The van der Waals surface area contributed by atoms with Crippen molar-refractivity contribution in [2.75, 3.05) is 12.4 Å². The zero-order valence-electron chi connectivity index (χ0n) is 10.4. The second-order valence-electron chi connectivity index (χ2n) is 3.93. The summed E-state index contributed by atoms with van der Waals surface area (Å²) in [7, 11) is 1.53. The lowest BCUT2D eigenvalue weighted by Crippen LogP contribution is -2.11. The highest BCUT2D eigenvalue weighted by atomic mass is 127. The topological polar surface area (TPSA) is 38.3 Å². The molecule has 1 N–H and O–H groups in total. The third kappa shape index (κ3) is 3.56. The molecule has 20 heavy (non-hydrogen) atoms. The van der Waals surface area contributed by atoms with Crippen molar-refractivity contribution < 1.29 is 9.53 Å². The molecular formula is C14H10Cl2INO2. The lowest BCUT2D eigenvalue weighted by Gasteiger charge is -2.08. The van der Waals surface area contributed by atoms with Gasteiger partial charge >= 0.3 is 0 Å². The van der Waals surface area contributed by atoms with Gasteiger partial charge in [0.25, 0.3) is 5.91 Å². The highest BCUT2D eigenvalue weighted by Gasteiger charge is 2.09. The fourth-order valence-electron chi connectivity index (χ4n) is 1.58. The van der Waals surface area contributed by atoms with Gasteiger partial charge in [0.2, 0.25) is 0 Å². The fourth-order valence-corrected chi connectivity index (χ4v) is 2.36. The summed E-state index contributed by atoms with van der Waals surface area (Å²) in [6, 6.07) is 10.2. The van der Waals surface area contributed by atoms with Crippen LogP contribution < -0.4 is 10.1 Å². The molecule has 0 fully saturated rings. The van der Waals surface area contributed by atoms with E-state index in [1.54, 1.807) is 36.4 Å². The van der Waals surface area contributed by atoms with Crippen molar-refractivity contribution in [3.63, 3.8) is 0 Å². The Morgan fingerprint density at radius 1 is 1.15 bits per heavy atom. The Kier molecular flexibility index (Phi) is 5.12. The first kappa shape index (κ1) is 15.4. The summed E-state index contributed by atoms with van der Waals surface area (Å²) in [5, 5.41) is 3.74. The number of rotatable bonds is 3. The number of hydrogen-bond donors (Lipinski definition) is 1. The van der Waals surface area contributed by atoms with Crippen molar-refractivity contribution in [1.82, 2.24) is 0 Å². The van der Waals surface area contributed by atoms with Gasteiger partial charge in [-0.3, -0.25) is 4.79 Å². The normalized spacial score (nSPS) is 10.2. The molecule has 1 amide bonds. The maximum absolute atomic E-state index is 12.1. The molecule has 0 spiro atoms. The van der Waals surface area contributed by atoms with Crippen molar-refractivity contribution >= 4 is 57.4 Å². The quantitative estimate of drug-likeness (QED) is 0.718. The van der Waals surface area contributed by atoms with Crippen molar-refractivity contribution in [2.24, 2.45) is 0 Å². The van der Waals surface area contributed by atoms with Crippen LogP contribution in [-0.4, -0.2) is 13.0 Å². The third-order valence-corrected chi connectivity index (χ3v) is 4.46. The van der Waals surface area contributed by atoms with Crippen LogP contribution in [0.3, 0.4) is 0 Å². The molecule has 0 aliphatic heterocycles. The number of nitrogens with one attached hydrogen (secondary N) is 1. The van der Waals surface area contributed by atoms with E-state index in [2.05, 4.69) is 27.9 Å². The summed E-state index contributed by atoms with van der Waals surface area (Å²) in [6.07, 6.45) is 0. The average Bonchev–Trinajstić information content (AvgIpc) is 2.42. The van der Waals surface area contributed by atoms with Gasteiger partial charge in [-0.1, -0.05) is 23.2 Å².